The third-order valence-corrected chi connectivity index (χ3v) is 3.11. The normalized spacial score (nSPS) is 44.0. The van der Waals surface area contributed by atoms with E-state index >= 15 is 0 Å². The largest absolute Gasteiger partial charge is 0.310 e. The molecule has 1 N–H and O–H groups in total. The lowest BCUT2D eigenvalue weighted by Gasteiger charge is -2.36. The van der Waals surface area contributed by atoms with Gasteiger partial charge in [0, 0.05) is 12.1 Å². The fourth-order valence-corrected chi connectivity index (χ4v) is 2.48. The Kier molecular flexibility index (Phi) is 2.09. The third kappa shape index (κ3) is 1.48. The molecule has 2 atom stereocenters. The molecule has 2 fully saturated rings. The van der Waals surface area contributed by atoms with Crippen molar-refractivity contribution in [3.63, 3.8) is 0 Å². The Morgan fingerprint density at radius 2 is 2.42 bits per heavy atom. The number of alkyl halides is 1. The molecule has 0 aliphatic carbocycles. The molecule has 3 heteroatoms. The summed E-state index contributed by atoms with van der Waals surface area (Å²) in [6, 6.07) is 0. The molecule has 0 aromatic rings. The van der Waals surface area contributed by atoms with Gasteiger partial charge in [-0.3, -0.25) is 0 Å². The first-order valence-electron chi connectivity index (χ1n) is 4.78. The van der Waals surface area contributed by atoms with Gasteiger partial charge in [-0.15, -0.1) is 0 Å². The van der Waals surface area contributed by atoms with Crippen molar-refractivity contribution in [2.45, 2.75) is 31.0 Å². The average Bonchev–Trinajstić information content (AvgIpc) is 2.32. The molecule has 2 saturated heterocycles. The first-order chi connectivity index (χ1) is 5.70. The second kappa shape index (κ2) is 2.96. The van der Waals surface area contributed by atoms with Crippen molar-refractivity contribution in [2.75, 3.05) is 26.7 Å². The number of halogens is 1. The first-order valence-corrected chi connectivity index (χ1v) is 4.78. The van der Waals surface area contributed by atoms with Gasteiger partial charge < -0.3 is 10.2 Å². The summed E-state index contributed by atoms with van der Waals surface area (Å²) in [6.07, 6.45) is 1.96. The van der Waals surface area contributed by atoms with Crippen LogP contribution in [0, 0.1) is 0 Å². The second-order valence-corrected chi connectivity index (χ2v) is 4.28. The number of piperidine rings is 1. The van der Waals surface area contributed by atoms with Crippen LogP contribution in [-0.4, -0.2) is 43.3 Å². The number of hydrogen-bond acceptors (Lipinski definition) is 2. The Hall–Kier alpha value is -0.150. The maximum atomic E-state index is 13.1. The van der Waals surface area contributed by atoms with Gasteiger partial charge >= 0.3 is 0 Å². The van der Waals surface area contributed by atoms with E-state index in [0.717, 1.165) is 32.5 Å². The van der Waals surface area contributed by atoms with Crippen molar-refractivity contribution in [1.29, 1.82) is 0 Å². The highest BCUT2D eigenvalue weighted by Crippen LogP contribution is 2.30. The zero-order chi connectivity index (χ0) is 8.60. The van der Waals surface area contributed by atoms with Gasteiger partial charge in [0.2, 0.25) is 0 Å². The van der Waals surface area contributed by atoms with Gasteiger partial charge in [-0.25, -0.2) is 4.39 Å². The minimum atomic E-state index is -0.572. The van der Waals surface area contributed by atoms with Crippen LogP contribution < -0.4 is 5.32 Å². The van der Waals surface area contributed by atoms with Crippen LogP contribution in [0.15, 0.2) is 0 Å². The maximum absolute atomic E-state index is 13.1. The smallest absolute Gasteiger partial charge is 0.103 e. The fraction of sp³-hybridized carbons (Fsp3) is 1.00. The average molecular weight is 172 g/mol. The molecule has 2 unspecified atom stereocenters. The molecular weight excluding hydrogens is 155 g/mol. The molecule has 0 saturated carbocycles. The molecule has 70 valence electrons. The molecular formula is C9H17FN2. The summed E-state index contributed by atoms with van der Waals surface area (Å²) in [5, 5.41) is 3.47. The van der Waals surface area contributed by atoms with E-state index in [1.807, 2.05) is 0 Å². The number of rotatable bonds is 0. The van der Waals surface area contributed by atoms with Crippen LogP contribution in [0.25, 0.3) is 0 Å². The zero-order valence-corrected chi connectivity index (χ0v) is 7.65. The molecule has 0 bridgehead atoms. The maximum Gasteiger partial charge on any atom is 0.103 e. The molecule has 1 spiro atoms. The summed E-state index contributed by atoms with van der Waals surface area (Å²) >= 11 is 0. The van der Waals surface area contributed by atoms with Crippen molar-refractivity contribution < 1.29 is 4.39 Å². The van der Waals surface area contributed by atoms with Crippen molar-refractivity contribution in [2.24, 2.45) is 0 Å². The summed E-state index contributed by atoms with van der Waals surface area (Å²) in [5.74, 6) is 0. The van der Waals surface area contributed by atoms with E-state index < -0.39 is 6.17 Å². The molecule has 12 heavy (non-hydrogen) atoms. The highest BCUT2D eigenvalue weighted by atomic mass is 19.1. The van der Waals surface area contributed by atoms with Crippen LogP contribution in [0.3, 0.4) is 0 Å². The number of nitrogens with zero attached hydrogens (tertiary/aromatic N) is 1. The predicted octanol–water partition coefficient (Wildman–Crippen LogP) is 0.782. The van der Waals surface area contributed by atoms with Crippen LogP contribution in [0.1, 0.15) is 19.3 Å². The minimum Gasteiger partial charge on any atom is -0.310 e. The second-order valence-electron chi connectivity index (χ2n) is 4.28. The predicted molar refractivity (Wildman–Crippen MR) is 47.0 cm³/mol. The summed E-state index contributed by atoms with van der Waals surface area (Å²) in [7, 11) is 2.11. The van der Waals surface area contributed by atoms with Gasteiger partial charge in [-0.1, -0.05) is 0 Å². The van der Waals surface area contributed by atoms with Crippen molar-refractivity contribution in [1.82, 2.24) is 10.2 Å². The van der Waals surface area contributed by atoms with Gasteiger partial charge in [-0.2, -0.15) is 0 Å². The van der Waals surface area contributed by atoms with E-state index in [1.165, 1.54) is 0 Å². The minimum absolute atomic E-state index is 0.117. The Morgan fingerprint density at radius 3 is 3.00 bits per heavy atom. The molecule has 2 aliphatic heterocycles. The Labute approximate surface area is 73.1 Å². The van der Waals surface area contributed by atoms with E-state index in [9.17, 15) is 4.39 Å². The highest BCUT2D eigenvalue weighted by Gasteiger charge is 2.40. The SMILES string of the molecule is CN1CCC2(CC(F)CCN2)C1. The first kappa shape index (κ1) is 8.45. The highest BCUT2D eigenvalue weighted by molar-refractivity contribution is 5.00. The Morgan fingerprint density at radius 1 is 1.58 bits per heavy atom. The summed E-state index contributed by atoms with van der Waals surface area (Å²) in [5.41, 5.74) is 0.117. The quantitative estimate of drug-likeness (QED) is 0.581. The van der Waals surface area contributed by atoms with Crippen LogP contribution >= 0.6 is 0 Å². The van der Waals surface area contributed by atoms with Gasteiger partial charge in [0.25, 0.3) is 0 Å². The standard InChI is InChI=1S/C9H17FN2/c1-12-5-3-9(7-12)6-8(10)2-4-11-9/h8,11H,2-7H2,1H3. The van der Waals surface area contributed by atoms with E-state index in [1.54, 1.807) is 0 Å². The van der Waals surface area contributed by atoms with Gasteiger partial charge in [0.15, 0.2) is 0 Å². The van der Waals surface area contributed by atoms with Crippen LogP contribution in [0.2, 0.25) is 0 Å². The van der Waals surface area contributed by atoms with E-state index in [2.05, 4.69) is 17.3 Å². The van der Waals surface area contributed by atoms with Crippen LogP contribution in [0.5, 0.6) is 0 Å². The summed E-state index contributed by atoms with van der Waals surface area (Å²) in [6.45, 7) is 2.99. The van der Waals surface area contributed by atoms with Crippen LogP contribution in [0.4, 0.5) is 4.39 Å². The number of hydrogen-bond donors (Lipinski definition) is 1. The van der Waals surface area contributed by atoms with Crippen molar-refractivity contribution in [3.8, 4) is 0 Å². The lowest BCUT2D eigenvalue weighted by molar-refractivity contribution is 0.156. The third-order valence-electron chi connectivity index (χ3n) is 3.11. The number of likely N-dealkylation sites (tertiary alicyclic amines) is 1. The molecule has 0 amide bonds. The van der Waals surface area contributed by atoms with Crippen molar-refractivity contribution in [3.05, 3.63) is 0 Å². The van der Waals surface area contributed by atoms with Crippen LogP contribution in [-0.2, 0) is 0 Å². The lowest BCUT2D eigenvalue weighted by Crippen LogP contribution is -2.53. The number of likely N-dealkylation sites (N-methyl/N-ethyl adjacent to an activating group) is 1. The van der Waals surface area contributed by atoms with Crippen molar-refractivity contribution >= 4 is 0 Å². The lowest BCUT2D eigenvalue weighted by atomic mass is 9.87. The Bertz CT molecular complexity index is 170. The molecule has 0 aromatic carbocycles. The fourth-order valence-electron chi connectivity index (χ4n) is 2.48. The monoisotopic (exact) mass is 172 g/mol. The molecule has 0 radical (unpaired) electrons. The Balaban J connectivity index is 2.00. The molecule has 2 nitrogen and oxygen atoms in total. The zero-order valence-electron chi connectivity index (χ0n) is 7.65. The van der Waals surface area contributed by atoms with Gasteiger partial charge in [0.1, 0.15) is 6.17 Å². The molecule has 2 rings (SSSR count). The summed E-state index contributed by atoms with van der Waals surface area (Å²) < 4.78 is 13.1. The number of nitrogens with one attached hydrogen (secondary N) is 1. The summed E-state index contributed by atoms with van der Waals surface area (Å²) in [4.78, 5) is 2.28. The van der Waals surface area contributed by atoms with E-state index in [0.29, 0.717) is 6.42 Å². The van der Waals surface area contributed by atoms with Gasteiger partial charge in [0.05, 0.1) is 0 Å². The van der Waals surface area contributed by atoms with E-state index in [-0.39, 0.29) is 5.54 Å². The van der Waals surface area contributed by atoms with Gasteiger partial charge in [-0.05, 0) is 39.4 Å². The topological polar surface area (TPSA) is 15.3 Å². The van der Waals surface area contributed by atoms with E-state index in [4.69, 9.17) is 0 Å². The molecule has 2 aliphatic rings. The molecule has 0 aromatic heterocycles. The molecule has 2 heterocycles.